The van der Waals surface area contributed by atoms with E-state index in [0.29, 0.717) is 137 Å². The first-order chi connectivity index (χ1) is 22.0. The van der Waals surface area contributed by atoms with Crippen LogP contribution in [0.4, 0.5) is 4.79 Å². The van der Waals surface area contributed by atoms with Crippen LogP contribution in [-0.2, 0) is 47.4 Å². The van der Waals surface area contributed by atoms with E-state index in [4.69, 9.17) is 54.1 Å². The maximum atomic E-state index is 11.7. The van der Waals surface area contributed by atoms with Gasteiger partial charge in [0, 0.05) is 44.8 Å². The highest BCUT2D eigenvalue weighted by molar-refractivity contribution is 5.86. The third-order valence-corrected chi connectivity index (χ3v) is 5.54. The Morgan fingerprint density at radius 3 is 1.24 bits per heavy atom. The predicted molar refractivity (Wildman–Crippen MR) is 168 cm³/mol. The summed E-state index contributed by atoms with van der Waals surface area (Å²) >= 11 is 0. The fraction of sp³-hybridized carbons (Fsp3) is 0.862. The molecular formula is C29H59N5O11. The minimum absolute atomic E-state index is 0.0767. The Bertz CT molecular complexity index is 671. The lowest BCUT2D eigenvalue weighted by atomic mass is 10.4. The van der Waals surface area contributed by atoms with Gasteiger partial charge in [-0.3, -0.25) is 4.90 Å². The van der Waals surface area contributed by atoms with Crippen molar-refractivity contribution < 1.29 is 52.2 Å². The molecule has 16 heteroatoms. The fourth-order valence-corrected chi connectivity index (χ4v) is 3.22. The average molecular weight is 654 g/mol. The van der Waals surface area contributed by atoms with Crippen LogP contribution in [0, 0.1) is 0 Å². The Labute approximate surface area is 268 Å². The molecule has 0 aliphatic heterocycles. The van der Waals surface area contributed by atoms with E-state index in [9.17, 15) is 9.59 Å². The normalized spacial score (nSPS) is 11.2. The van der Waals surface area contributed by atoms with Gasteiger partial charge in [-0.25, -0.2) is 9.59 Å². The largest absolute Gasteiger partial charge is 0.460 e. The van der Waals surface area contributed by atoms with Crippen molar-refractivity contribution in [2.75, 3.05) is 158 Å². The minimum Gasteiger partial charge on any atom is -0.460 e. The van der Waals surface area contributed by atoms with Gasteiger partial charge in [-0.1, -0.05) is 6.58 Å². The molecule has 2 amide bonds. The van der Waals surface area contributed by atoms with E-state index in [1.807, 2.05) is 0 Å². The summed E-state index contributed by atoms with van der Waals surface area (Å²) in [5, 5.41) is 5.25. The molecule has 0 spiro atoms. The zero-order chi connectivity index (χ0) is 33.1. The van der Waals surface area contributed by atoms with Crippen molar-refractivity contribution in [1.29, 1.82) is 0 Å². The molecule has 0 aliphatic carbocycles. The molecule has 0 aromatic rings. The highest BCUT2D eigenvalue weighted by atomic mass is 16.6. The summed E-state index contributed by atoms with van der Waals surface area (Å²) in [6.45, 7) is 16.8. The number of hydrogen-bond acceptors (Lipinski definition) is 14. The Hall–Kier alpha value is -1.96. The summed E-state index contributed by atoms with van der Waals surface area (Å²) < 4.78 is 49.0. The molecule has 0 saturated heterocycles. The molecule has 0 rings (SSSR count). The quantitative estimate of drug-likeness (QED) is 0.0360. The number of hydrogen-bond donors (Lipinski definition) is 4. The summed E-state index contributed by atoms with van der Waals surface area (Å²) in [5.74, 6) is -0.486. The first-order valence-corrected chi connectivity index (χ1v) is 15.6. The topological polar surface area (TPSA) is 197 Å². The maximum Gasteiger partial charge on any atom is 0.333 e. The van der Waals surface area contributed by atoms with Crippen LogP contribution in [0.1, 0.15) is 6.92 Å². The maximum absolute atomic E-state index is 11.7. The molecule has 0 heterocycles. The second-order valence-corrected chi connectivity index (χ2v) is 9.42. The highest BCUT2D eigenvalue weighted by Gasteiger charge is 2.06. The van der Waals surface area contributed by atoms with Crippen LogP contribution in [-0.4, -0.2) is 175 Å². The monoisotopic (exact) mass is 653 g/mol. The molecule has 6 N–H and O–H groups in total. The molecule has 0 bridgehead atoms. The fourth-order valence-electron chi connectivity index (χ4n) is 3.22. The Kier molecular flexibility index (Phi) is 33.4. The number of amides is 2. The summed E-state index contributed by atoms with van der Waals surface area (Å²) in [4.78, 5) is 25.2. The van der Waals surface area contributed by atoms with E-state index < -0.39 is 5.97 Å². The summed E-state index contributed by atoms with van der Waals surface area (Å²) in [6, 6.07) is -0.366. The summed E-state index contributed by atoms with van der Waals surface area (Å²) in [5.41, 5.74) is 11.1. The number of carbonyl (C=O) groups is 2. The second-order valence-electron chi connectivity index (χ2n) is 9.42. The molecule has 0 unspecified atom stereocenters. The van der Waals surface area contributed by atoms with Gasteiger partial charge in [-0.2, -0.15) is 0 Å². The Balaban J connectivity index is 3.96. The lowest BCUT2D eigenvalue weighted by Crippen LogP contribution is -2.39. The minimum atomic E-state index is -0.486. The predicted octanol–water partition coefficient (Wildman–Crippen LogP) is -1.24. The van der Waals surface area contributed by atoms with Gasteiger partial charge >= 0.3 is 12.0 Å². The van der Waals surface area contributed by atoms with Gasteiger partial charge in [0.05, 0.1) is 112 Å². The van der Waals surface area contributed by atoms with Gasteiger partial charge in [-0.15, -0.1) is 0 Å². The highest BCUT2D eigenvalue weighted by Crippen LogP contribution is 1.93. The number of rotatable bonds is 35. The Morgan fingerprint density at radius 1 is 0.533 bits per heavy atom. The lowest BCUT2D eigenvalue weighted by Gasteiger charge is -2.22. The molecule has 45 heavy (non-hydrogen) atoms. The van der Waals surface area contributed by atoms with Gasteiger partial charge in [-0.05, 0) is 6.92 Å². The third-order valence-electron chi connectivity index (χ3n) is 5.54. The van der Waals surface area contributed by atoms with E-state index in [1.54, 1.807) is 6.92 Å². The molecule has 0 atom stereocenters. The molecule has 0 aliphatic rings. The van der Waals surface area contributed by atoms with Crippen molar-refractivity contribution >= 4 is 12.0 Å². The van der Waals surface area contributed by atoms with Gasteiger partial charge in [0.2, 0.25) is 0 Å². The average Bonchev–Trinajstić information content (AvgIpc) is 3.03. The van der Waals surface area contributed by atoms with Crippen LogP contribution in [0.3, 0.4) is 0 Å². The number of nitrogens with zero attached hydrogens (tertiary/aromatic N) is 1. The van der Waals surface area contributed by atoms with E-state index in [2.05, 4.69) is 22.1 Å². The number of esters is 1. The molecule has 16 nitrogen and oxygen atoms in total. The van der Waals surface area contributed by atoms with E-state index in [1.165, 1.54) is 0 Å². The van der Waals surface area contributed by atoms with Crippen molar-refractivity contribution in [2.45, 2.75) is 6.92 Å². The molecule has 0 aromatic carbocycles. The molecule has 0 saturated carbocycles. The number of carbonyl (C=O) groups excluding carboxylic acids is 2. The zero-order valence-electron chi connectivity index (χ0n) is 27.3. The van der Waals surface area contributed by atoms with Crippen LogP contribution >= 0.6 is 0 Å². The Morgan fingerprint density at radius 2 is 0.867 bits per heavy atom. The summed E-state index contributed by atoms with van der Waals surface area (Å²) in [6.07, 6.45) is 0. The van der Waals surface area contributed by atoms with Crippen LogP contribution < -0.4 is 22.1 Å². The van der Waals surface area contributed by atoms with Gasteiger partial charge < -0.3 is 64.7 Å². The molecule has 0 aromatic heterocycles. The SMILES string of the molecule is C=C(C)C(=O)OCCNC(=O)NCCOCCOCCN(CCOCCOCCOCCN)CCOCCOCCOCCN. The summed E-state index contributed by atoms with van der Waals surface area (Å²) in [7, 11) is 0. The van der Waals surface area contributed by atoms with Crippen LogP contribution in [0.15, 0.2) is 12.2 Å². The van der Waals surface area contributed by atoms with Crippen molar-refractivity contribution in [3.63, 3.8) is 0 Å². The van der Waals surface area contributed by atoms with Crippen molar-refractivity contribution in [3.8, 4) is 0 Å². The standard InChI is InChI=1S/C29H59N5O11/c1-27(2)28(35)45-13-6-33-29(36)32-5-12-39-19-20-40-14-7-34(8-15-41-21-25-43-23-17-37-10-3-30)9-16-42-22-26-44-24-18-38-11-4-31/h1,3-26,30-31H2,2H3,(H2,32,33,36). The number of urea groups is 1. The molecule has 0 radical (unpaired) electrons. The van der Waals surface area contributed by atoms with E-state index in [-0.39, 0.29) is 19.2 Å². The van der Waals surface area contributed by atoms with E-state index >= 15 is 0 Å². The zero-order valence-corrected chi connectivity index (χ0v) is 27.3. The first-order valence-electron chi connectivity index (χ1n) is 15.6. The van der Waals surface area contributed by atoms with Crippen LogP contribution in [0.5, 0.6) is 0 Å². The van der Waals surface area contributed by atoms with Crippen molar-refractivity contribution in [2.24, 2.45) is 11.5 Å². The molecule has 0 fully saturated rings. The van der Waals surface area contributed by atoms with Gasteiger partial charge in [0.25, 0.3) is 0 Å². The number of nitrogens with one attached hydrogen (secondary N) is 2. The first kappa shape index (κ1) is 43.0. The number of nitrogens with two attached hydrogens (primary N) is 2. The van der Waals surface area contributed by atoms with Gasteiger partial charge in [0.1, 0.15) is 6.61 Å². The second kappa shape index (κ2) is 34.9. The van der Waals surface area contributed by atoms with Crippen molar-refractivity contribution in [3.05, 3.63) is 12.2 Å². The van der Waals surface area contributed by atoms with Crippen LogP contribution in [0.25, 0.3) is 0 Å². The van der Waals surface area contributed by atoms with Crippen LogP contribution in [0.2, 0.25) is 0 Å². The third kappa shape index (κ3) is 33.2. The number of ether oxygens (including phenoxy) is 9. The smallest absolute Gasteiger partial charge is 0.333 e. The van der Waals surface area contributed by atoms with E-state index in [0.717, 1.165) is 13.1 Å². The molecular weight excluding hydrogens is 594 g/mol. The van der Waals surface area contributed by atoms with Gasteiger partial charge in [0.15, 0.2) is 0 Å². The lowest BCUT2D eigenvalue weighted by molar-refractivity contribution is -0.138. The van der Waals surface area contributed by atoms with Crippen molar-refractivity contribution in [1.82, 2.24) is 15.5 Å². The molecule has 266 valence electrons.